The van der Waals surface area contributed by atoms with Gasteiger partial charge in [-0.25, -0.2) is 4.98 Å². The highest BCUT2D eigenvalue weighted by atomic mass is 16.5. The number of pyridine rings is 1. The van der Waals surface area contributed by atoms with Crippen LogP contribution in [0.1, 0.15) is 42.4 Å². The van der Waals surface area contributed by atoms with E-state index < -0.39 is 0 Å². The summed E-state index contributed by atoms with van der Waals surface area (Å²) in [5.74, 6) is 1.82. The number of ether oxygens (including phenoxy) is 1. The minimum atomic E-state index is 0.581. The number of fused-ring (bicyclic) bond motifs is 3. The molecule has 5 heteroatoms. The zero-order chi connectivity index (χ0) is 19.1. The fourth-order valence-corrected chi connectivity index (χ4v) is 4.95. The van der Waals surface area contributed by atoms with E-state index in [9.17, 15) is 5.26 Å². The number of para-hydroxylation sites is 2. The van der Waals surface area contributed by atoms with Crippen molar-refractivity contribution in [2.45, 2.75) is 39.0 Å². The van der Waals surface area contributed by atoms with Crippen LogP contribution in [0.5, 0.6) is 0 Å². The van der Waals surface area contributed by atoms with Gasteiger partial charge in [0, 0.05) is 26.3 Å². The number of rotatable bonds is 3. The lowest BCUT2D eigenvalue weighted by Gasteiger charge is -2.27. The molecule has 2 aliphatic rings. The van der Waals surface area contributed by atoms with Crippen molar-refractivity contribution in [3.05, 3.63) is 41.0 Å². The first-order valence-electron chi connectivity index (χ1n) is 10.4. The van der Waals surface area contributed by atoms with Gasteiger partial charge in [0.15, 0.2) is 5.65 Å². The number of imidazole rings is 1. The van der Waals surface area contributed by atoms with Crippen molar-refractivity contribution < 1.29 is 4.74 Å². The molecule has 3 aromatic rings. The number of anilines is 1. The SMILES string of the molecule is Cc1c(CC2CCOCC2)c(C#N)c2nc3ccccc3n2c1N1CCCC1. The van der Waals surface area contributed by atoms with E-state index in [-0.39, 0.29) is 0 Å². The van der Waals surface area contributed by atoms with E-state index in [1.807, 2.05) is 12.1 Å². The molecule has 0 saturated carbocycles. The third-order valence-electron chi connectivity index (χ3n) is 6.44. The molecule has 0 aliphatic carbocycles. The van der Waals surface area contributed by atoms with Gasteiger partial charge in [0.2, 0.25) is 0 Å². The Kier molecular flexibility index (Phi) is 4.44. The van der Waals surface area contributed by atoms with E-state index >= 15 is 0 Å². The van der Waals surface area contributed by atoms with Crippen LogP contribution >= 0.6 is 0 Å². The molecule has 0 radical (unpaired) electrons. The van der Waals surface area contributed by atoms with E-state index in [4.69, 9.17) is 9.72 Å². The van der Waals surface area contributed by atoms with Crippen LogP contribution in [0.15, 0.2) is 24.3 Å². The zero-order valence-electron chi connectivity index (χ0n) is 16.4. The third-order valence-corrected chi connectivity index (χ3v) is 6.44. The zero-order valence-corrected chi connectivity index (χ0v) is 16.4. The van der Waals surface area contributed by atoms with Crippen LogP contribution in [0.3, 0.4) is 0 Å². The van der Waals surface area contributed by atoms with Crippen LogP contribution < -0.4 is 4.90 Å². The van der Waals surface area contributed by atoms with Gasteiger partial charge in [-0.15, -0.1) is 0 Å². The summed E-state index contributed by atoms with van der Waals surface area (Å²) < 4.78 is 7.79. The summed E-state index contributed by atoms with van der Waals surface area (Å²) in [7, 11) is 0. The van der Waals surface area contributed by atoms with Gasteiger partial charge in [-0.3, -0.25) is 4.40 Å². The Balaban J connectivity index is 1.78. The molecule has 2 saturated heterocycles. The number of benzene rings is 1. The van der Waals surface area contributed by atoms with Gasteiger partial charge in [0.1, 0.15) is 11.9 Å². The molecule has 0 atom stereocenters. The van der Waals surface area contributed by atoms with E-state index in [1.54, 1.807) is 0 Å². The highest BCUT2D eigenvalue weighted by Crippen LogP contribution is 2.36. The van der Waals surface area contributed by atoms with Crippen LogP contribution in [0.2, 0.25) is 0 Å². The first-order valence-corrected chi connectivity index (χ1v) is 10.4. The Morgan fingerprint density at radius 2 is 1.93 bits per heavy atom. The van der Waals surface area contributed by atoms with Crippen LogP contribution in [0.4, 0.5) is 5.82 Å². The summed E-state index contributed by atoms with van der Waals surface area (Å²) in [6.07, 6.45) is 5.54. The lowest BCUT2D eigenvalue weighted by atomic mass is 9.88. The fourth-order valence-electron chi connectivity index (χ4n) is 4.95. The molecular weight excluding hydrogens is 348 g/mol. The number of nitrogens with zero attached hydrogens (tertiary/aromatic N) is 4. The van der Waals surface area contributed by atoms with E-state index in [1.165, 1.54) is 29.8 Å². The number of hydrogen-bond acceptors (Lipinski definition) is 4. The molecule has 5 nitrogen and oxygen atoms in total. The van der Waals surface area contributed by atoms with Gasteiger partial charge < -0.3 is 9.64 Å². The molecule has 4 heterocycles. The highest BCUT2D eigenvalue weighted by Gasteiger charge is 2.27. The van der Waals surface area contributed by atoms with Gasteiger partial charge >= 0.3 is 0 Å². The summed E-state index contributed by atoms with van der Waals surface area (Å²) in [6.45, 7) is 6.02. The minimum Gasteiger partial charge on any atom is -0.381 e. The van der Waals surface area contributed by atoms with Gasteiger partial charge in [-0.1, -0.05) is 12.1 Å². The number of aromatic nitrogens is 2. The molecule has 0 bridgehead atoms. The van der Waals surface area contributed by atoms with Crippen LogP contribution in [0, 0.1) is 24.2 Å². The molecule has 2 fully saturated rings. The molecule has 2 aromatic heterocycles. The second-order valence-corrected chi connectivity index (χ2v) is 8.13. The quantitative estimate of drug-likeness (QED) is 0.688. The van der Waals surface area contributed by atoms with Gasteiger partial charge in [0.05, 0.1) is 16.6 Å². The maximum atomic E-state index is 10.1. The Morgan fingerprint density at radius 3 is 2.68 bits per heavy atom. The molecule has 0 N–H and O–H groups in total. The molecule has 0 amide bonds. The first kappa shape index (κ1) is 17.5. The Hall–Kier alpha value is -2.58. The molecule has 28 heavy (non-hydrogen) atoms. The van der Waals surface area contributed by atoms with Crippen molar-refractivity contribution in [2.24, 2.45) is 5.92 Å². The van der Waals surface area contributed by atoms with Crippen molar-refractivity contribution in [3.63, 3.8) is 0 Å². The smallest absolute Gasteiger partial charge is 0.157 e. The van der Waals surface area contributed by atoms with E-state index in [0.717, 1.165) is 67.8 Å². The van der Waals surface area contributed by atoms with Crippen LogP contribution in [-0.4, -0.2) is 35.7 Å². The van der Waals surface area contributed by atoms with Crippen molar-refractivity contribution in [2.75, 3.05) is 31.2 Å². The normalized spacial score (nSPS) is 18.2. The molecule has 2 aliphatic heterocycles. The van der Waals surface area contributed by atoms with Crippen molar-refractivity contribution >= 4 is 22.5 Å². The lowest BCUT2D eigenvalue weighted by Crippen LogP contribution is -2.24. The Bertz CT molecular complexity index is 1070. The lowest BCUT2D eigenvalue weighted by molar-refractivity contribution is 0.0665. The van der Waals surface area contributed by atoms with Gasteiger partial charge in [-0.2, -0.15) is 5.26 Å². The standard InChI is InChI=1S/C23H26N4O/c1-16-18(14-17-8-12-28-13-9-17)19(15-24)22-25-20-6-2-3-7-21(20)27(22)23(16)26-10-4-5-11-26/h2-3,6-7,17H,4-5,8-14H2,1H3. The van der Waals surface area contributed by atoms with E-state index in [2.05, 4.69) is 34.4 Å². The molecule has 0 unspecified atom stereocenters. The molecule has 5 rings (SSSR count). The monoisotopic (exact) mass is 374 g/mol. The average Bonchev–Trinajstić information content (AvgIpc) is 3.38. The van der Waals surface area contributed by atoms with Crippen molar-refractivity contribution in [3.8, 4) is 6.07 Å². The maximum Gasteiger partial charge on any atom is 0.157 e. The maximum absolute atomic E-state index is 10.1. The summed E-state index contributed by atoms with van der Waals surface area (Å²) in [4.78, 5) is 7.39. The molecular formula is C23H26N4O. The van der Waals surface area contributed by atoms with Crippen LogP contribution in [-0.2, 0) is 11.2 Å². The highest BCUT2D eigenvalue weighted by molar-refractivity contribution is 5.86. The predicted molar refractivity (Wildman–Crippen MR) is 111 cm³/mol. The molecule has 0 spiro atoms. The Morgan fingerprint density at radius 1 is 1.18 bits per heavy atom. The second-order valence-electron chi connectivity index (χ2n) is 8.13. The van der Waals surface area contributed by atoms with Gasteiger partial charge in [-0.05, 0) is 68.2 Å². The molecule has 144 valence electrons. The topological polar surface area (TPSA) is 53.6 Å². The summed E-state index contributed by atoms with van der Waals surface area (Å²) in [6, 6.07) is 10.8. The third kappa shape index (κ3) is 2.75. The number of hydrogen-bond donors (Lipinski definition) is 0. The molecule has 1 aromatic carbocycles. The number of nitriles is 1. The minimum absolute atomic E-state index is 0.581. The average molecular weight is 374 g/mol. The summed E-state index contributed by atoms with van der Waals surface area (Å²) in [5, 5.41) is 10.1. The Labute approximate surface area is 165 Å². The summed E-state index contributed by atoms with van der Waals surface area (Å²) >= 11 is 0. The second kappa shape index (κ2) is 7.10. The first-order chi connectivity index (χ1) is 13.8. The largest absolute Gasteiger partial charge is 0.381 e. The van der Waals surface area contributed by atoms with Crippen molar-refractivity contribution in [1.29, 1.82) is 5.26 Å². The fraction of sp³-hybridized carbons (Fsp3) is 0.478. The summed E-state index contributed by atoms with van der Waals surface area (Å²) in [5.41, 5.74) is 6.07. The van der Waals surface area contributed by atoms with Crippen molar-refractivity contribution in [1.82, 2.24) is 9.38 Å². The van der Waals surface area contributed by atoms with Gasteiger partial charge in [0.25, 0.3) is 0 Å². The van der Waals surface area contributed by atoms with Crippen LogP contribution in [0.25, 0.3) is 16.7 Å². The van der Waals surface area contributed by atoms with E-state index in [0.29, 0.717) is 5.92 Å². The predicted octanol–water partition coefficient (Wildman–Crippen LogP) is 4.24.